The number of benzene rings is 1. The first-order valence-electron chi connectivity index (χ1n) is 7.68. The van der Waals surface area contributed by atoms with Gasteiger partial charge in [0.15, 0.2) is 11.5 Å². The number of anilines is 1. The van der Waals surface area contributed by atoms with Crippen molar-refractivity contribution in [1.29, 1.82) is 0 Å². The third kappa shape index (κ3) is 3.24. The molecule has 0 spiro atoms. The van der Waals surface area contributed by atoms with E-state index in [1.807, 2.05) is 18.2 Å². The number of methoxy groups -OCH3 is 2. The lowest BCUT2D eigenvalue weighted by Gasteiger charge is -2.39. The second-order valence-corrected chi connectivity index (χ2v) is 5.79. The molecule has 1 aromatic heterocycles. The Kier molecular flexibility index (Phi) is 4.50. The largest absolute Gasteiger partial charge is 0.497 e. The fraction of sp³-hybridized carbons (Fsp3) is 0.353. The van der Waals surface area contributed by atoms with Crippen molar-refractivity contribution in [3.63, 3.8) is 0 Å². The Morgan fingerprint density at radius 1 is 1.17 bits per heavy atom. The summed E-state index contributed by atoms with van der Waals surface area (Å²) in [4.78, 5) is 22.0. The van der Waals surface area contributed by atoms with E-state index < -0.39 is 0 Å². The number of rotatable bonds is 5. The Balaban J connectivity index is 1.61. The fourth-order valence-corrected chi connectivity index (χ4v) is 2.85. The van der Waals surface area contributed by atoms with Crippen LogP contribution in [0.1, 0.15) is 16.1 Å². The molecule has 0 unspecified atom stereocenters. The van der Waals surface area contributed by atoms with Gasteiger partial charge in [-0.2, -0.15) is 0 Å². The average molecular weight is 328 g/mol. The molecule has 24 heavy (non-hydrogen) atoms. The molecule has 2 N–H and O–H groups in total. The van der Waals surface area contributed by atoms with E-state index in [1.54, 1.807) is 19.1 Å². The van der Waals surface area contributed by atoms with E-state index >= 15 is 0 Å². The van der Waals surface area contributed by atoms with E-state index in [0.717, 1.165) is 23.5 Å². The van der Waals surface area contributed by atoms with E-state index in [1.165, 1.54) is 12.4 Å². The van der Waals surface area contributed by atoms with Crippen LogP contribution in [-0.2, 0) is 6.42 Å². The van der Waals surface area contributed by atoms with Crippen molar-refractivity contribution in [2.24, 2.45) is 5.92 Å². The molecule has 1 fully saturated rings. The lowest BCUT2D eigenvalue weighted by atomic mass is 9.91. The highest BCUT2D eigenvalue weighted by atomic mass is 16.5. The third-order valence-corrected chi connectivity index (χ3v) is 4.11. The Hall–Kier alpha value is -2.83. The number of nitrogen functional groups attached to an aromatic ring is 1. The number of amides is 1. The summed E-state index contributed by atoms with van der Waals surface area (Å²) in [5.41, 5.74) is 7.06. The molecular formula is C17H20N4O3. The molecular weight excluding hydrogens is 308 g/mol. The Labute approximate surface area is 140 Å². The van der Waals surface area contributed by atoms with Gasteiger partial charge in [-0.3, -0.25) is 4.79 Å². The molecule has 0 bridgehead atoms. The smallest absolute Gasteiger partial charge is 0.276 e. The van der Waals surface area contributed by atoms with Crippen LogP contribution in [0.4, 0.5) is 5.82 Å². The van der Waals surface area contributed by atoms with Gasteiger partial charge < -0.3 is 20.1 Å². The van der Waals surface area contributed by atoms with Crippen LogP contribution in [0, 0.1) is 5.92 Å². The molecule has 2 heterocycles. The van der Waals surface area contributed by atoms with E-state index in [0.29, 0.717) is 19.0 Å². The summed E-state index contributed by atoms with van der Waals surface area (Å²) < 4.78 is 10.6. The van der Waals surface area contributed by atoms with Gasteiger partial charge in [0.2, 0.25) is 0 Å². The second-order valence-electron chi connectivity index (χ2n) is 5.79. The third-order valence-electron chi connectivity index (χ3n) is 4.11. The van der Waals surface area contributed by atoms with Crippen molar-refractivity contribution >= 4 is 11.7 Å². The standard InChI is InChI=1S/C17H20N4O3/c1-23-13-6-11(7-14(8-13)24-2)5-12-9-21(10-12)17(22)15-16(18)20-4-3-19-15/h3-4,6-8,12H,5,9-10H2,1-2H3,(H2,18,20). The summed E-state index contributed by atoms with van der Waals surface area (Å²) in [6.07, 6.45) is 3.80. The van der Waals surface area contributed by atoms with Gasteiger partial charge in [-0.25, -0.2) is 9.97 Å². The zero-order chi connectivity index (χ0) is 17.1. The molecule has 2 aromatic rings. The number of ether oxygens (including phenoxy) is 2. The molecule has 3 rings (SSSR count). The topological polar surface area (TPSA) is 90.6 Å². The van der Waals surface area contributed by atoms with Gasteiger partial charge in [0.25, 0.3) is 5.91 Å². The zero-order valence-corrected chi connectivity index (χ0v) is 13.7. The summed E-state index contributed by atoms with van der Waals surface area (Å²) in [7, 11) is 3.27. The van der Waals surface area contributed by atoms with E-state index in [2.05, 4.69) is 9.97 Å². The lowest BCUT2D eigenvalue weighted by Crippen LogP contribution is -2.51. The van der Waals surface area contributed by atoms with Crippen molar-refractivity contribution < 1.29 is 14.3 Å². The average Bonchev–Trinajstić information content (AvgIpc) is 2.57. The van der Waals surface area contributed by atoms with Crippen LogP contribution < -0.4 is 15.2 Å². The molecule has 7 heteroatoms. The first-order valence-corrected chi connectivity index (χ1v) is 7.68. The number of carbonyl (C=O) groups is 1. The summed E-state index contributed by atoms with van der Waals surface area (Å²) in [5, 5.41) is 0. The van der Waals surface area contributed by atoms with E-state index in [4.69, 9.17) is 15.2 Å². The summed E-state index contributed by atoms with van der Waals surface area (Å²) in [5.74, 6) is 1.93. The minimum absolute atomic E-state index is 0.167. The maximum atomic E-state index is 12.4. The molecule has 0 saturated carbocycles. The predicted octanol–water partition coefficient (Wildman–Crippen LogP) is 1.39. The minimum Gasteiger partial charge on any atom is -0.497 e. The number of carbonyl (C=O) groups excluding carboxylic acids is 1. The molecule has 1 amide bonds. The van der Waals surface area contributed by atoms with Gasteiger partial charge in [-0.1, -0.05) is 0 Å². The number of hydrogen-bond donors (Lipinski definition) is 1. The highest BCUT2D eigenvalue weighted by Crippen LogP contribution is 2.28. The van der Waals surface area contributed by atoms with E-state index in [-0.39, 0.29) is 17.4 Å². The van der Waals surface area contributed by atoms with Crippen LogP contribution in [0.3, 0.4) is 0 Å². The maximum Gasteiger partial charge on any atom is 0.276 e. The molecule has 126 valence electrons. The van der Waals surface area contributed by atoms with Gasteiger partial charge in [0.05, 0.1) is 14.2 Å². The molecule has 1 aromatic carbocycles. The van der Waals surface area contributed by atoms with E-state index in [9.17, 15) is 4.79 Å². The van der Waals surface area contributed by atoms with Crippen molar-refractivity contribution in [1.82, 2.24) is 14.9 Å². The molecule has 0 aliphatic carbocycles. The van der Waals surface area contributed by atoms with Crippen molar-refractivity contribution in [2.45, 2.75) is 6.42 Å². The van der Waals surface area contributed by atoms with Crippen LogP contribution in [0.5, 0.6) is 11.5 Å². The number of nitrogens with two attached hydrogens (primary N) is 1. The number of aromatic nitrogens is 2. The molecule has 0 atom stereocenters. The lowest BCUT2D eigenvalue weighted by molar-refractivity contribution is 0.0495. The monoisotopic (exact) mass is 328 g/mol. The van der Waals surface area contributed by atoms with Crippen molar-refractivity contribution in [3.8, 4) is 11.5 Å². The fourth-order valence-electron chi connectivity index (χ4n) is 2.85. The number of likely N-dealkylation sites (tertiary alicyclic amines) is 1. The summed E-state index contributed by atoms with van der Waals surface area (Å²) in [6, 6.07) is 5.83. The van der Waals surface area contributed by atoms with Crippen LogP contribution in [-0.4, -0.2) is 48.1 Å². The first-order chi connectivity index (χ1) is 11.6. The highest BCUT2D eigenvalue weighted by Gasteiger charge is 2.32. The maximum absolute atomic E-state index is 12.4. The normalized spacial score (nSPS) is 14.2. The SMILES string of the molecule is COc1cc(CC2CN(C(=O)c3nccnc3N)C2)cc(OC)c1. The minimum atomic E-state index is -0.167. The molecule has 7 nitrogen and oxygen atoms in total. The van der Waals surface area contributed by atoms with Gasteiger partial charge in [0.1, 0.15) is 11.5 Å². The second kappa shape index (κ2) is 6.74. The van der Waals surface area contributed by atoms with Crippen molar-refractivity contribution in [2.75, 3.05) is 33.0 Å². The number of hydrogen-bond acceptors (Lipinski definition) is 6. The predicted molar refractivity (Wildman–Crippen MR) is 89.1 cm³/mol. The van der Waals surface area contributed by atoms with Crippen molar-refractivity contribution in [3.05, 3.63) is 41.9 Å². The van der Waals surface area contributed by atoms with Crippen LogP contribution in [0.15, 0.2) is 30.6 Å². The van der Waals surface area contributed by atoms with Crippen LogP contribution >= 0.6 is 0 Å². The van der Waals surface area contributed by atoms with Gasteiger partial charge in [-0.15, -0.1) is 0 Å². The summed E-state index contributed by atoms with van der Waals surface area (Å²) in [6.45, 7) is 1.35. The zero-order valence-electron chi connectivity index (χ0n) is 13.7. The number of nitrogens with zero attached hydrogens (tertiary/aromatic N) is 3. The Morgan fingerprint density at radius 2 is 1.79 bits per heavy atom. The highest BCUT2D eigenvalue weighted by molar-refractivity contribution is 5.96. The van der Waals surface area contributed by atoms with Gasteiger partial charge in [0, 0.05) is 31.5 Å². The first kappa shape index (κ1) is 16.0. The molecule has 0 radical (unpaired) electrons. The van der Waals surface area contributed by atoms with Crippen LogP contribution in [0.25, 0.3) is 0 Å². The molecule has 1 aliphatic heterocycles. The quantitative estimate of drug-likeness (QED) is 0.892. The molecule has 1 aliphatic rings. The van der Waals surface area contributed by atoms with Gasteiger partial charge >= 0.3 is 0 Å². The Bertz CT molecular complexity index is 722. The van der Waals surface area contributed by atoms with Crippen LogP contribution in [0.2, 0.25) is 0 Å². The Morgan fingerprint density at radius 3 is 2.38 bits per heavy atom. The van der Waals surface area contributed by atoms with Gasteiger partial charge in [-0.05, 0) is 30.0 Å². The summed E-state index contributed by atoms with van der Waals surface area (Å²) >= 11 is 0. The molecule has 1 saturated heterocycles.